The minimum atomic E-state index is -4.03. The number of hydrogen-bond donors (Lipinski definition) is 1. The Kier molecular flexibility index (Phi) is 5.73. The van der Waals surface area contributed by atoms with Gasteiger partial charge in [-0.3, -0.25) is 0 Å². The number of likely N-dealkylation sites (tertiary alicyclic amines) is 1. The number of hydrogen-bond acceptors (Lipinski definition) is 2. The summed E-state index contributed by atoms with van der Waals surface area (Å²) in [6, 6.07) is 0.225. The predicted molar refractivity (Wildman–Crippen MR) is 74.6 cm³/mol. The van der Waals surface area contributed by atoms with Crippen molar-refractivity contribution in [2.75, 3.05) is 26.7 Å². The SMILES string of the molecule is CN1CC(CC(F)(F)F)CC(NCC2CCCCC2)C1. The molecule has 20 heavy (non-hydrogen) atoms. The predicted octanol–water partition coefficient (Wildman–Crippen LogP) is 3.43. The van der Waals surface area contributed by atoms with Gasteiger partial charge < -0.3 is 10.2 Å². The largest absolute Gasteiger partial charge is 0.389 e. The van der Waals surface area contributed by atoms with Gasteiger partial charge in [0.15, 0.2) is 0 Å². The molecule has 0 aromatic heterocycles. The average molecular weight is 292 g/mol. The summed E-state index contributed by atoms with van der Waals surface area (Å²) in [5.74, 6) is 0.481. The molecular formula is C15H27F3N2. The summed E-state index contributed by atoms with van der Waals surface area (Å²) < 4.78 is 37.6. The van der Waals surface area contributed by atoms with Crippen molar-refractivity contribution in [1.82, 2.24) is 10.2 Å². The third-order valence-electron chi connectivity index (χ3n) is 4.66. The lowest BCUT2D eigenvalue weighted by atomic mass is 9.88. The van der Waals surface area contributed by atoms with Crippen LogP contribution < -0.4 is 5.32 Å². The Bertz CT molecular complexity index is 287. The van der Waals surface area contributed by atoms with Gasteiger partial charge in [0.05, 0.1) is 0 Å². The average Bonchev–Trinajstić information content (AvgIpc) is 2.35. The zero-order valence-electron chi connectivity index (χ0n) is 12.4. The Hall–Kier alpha value is -0.290. The Morgan fingerprint density at radius 1 is 1.05 bits per heavy atom. The van der Waals surface area contributed by atoms with Gasteiger partial charge in [0.2, 0.25) is 0 Å². The van der Waals surface area contributed by atoms with Gasteiger partial charge in [-0.2, -0.15) is 13.2 Å². The van der Waals surface area contributed by atoms with Crippen molar-refractivity contribution in [2.45, 2.75) is 57.2 Å². The van der Waals surface area contributed by atoms with E-state index >= 15 is 0 Å². The highest BCUT2D eigenvalue weighted by Crippen LogP contribution is 2.30. The van der Waals surface area contributed by atoms with Crippen LogP contribution in [0.5, 0.6) is 0 Å². The topological polar surface area (TPSA) is 15.3 Å². The van der Waals surface area contributed by atoms with E-state index < -0.39 is 12.6 Å². The molecule has 0 radical (unpaired) electrons. The van der Waals surface area contributed by atoms with Crippen LogP contribution in [0.2, 0.25) is 0 Å². The minimum Gasteiger partial charge on any atom is -0.312 e. The Labute approximate surface area is 120 Å². The van der Waals surface area contributed by atoms with E-state index in [0.29, 0.717) is 13.0 Å². The fourth-order valence-electron chi connectivity index (χ4n) is 3.79. The van der Waals surface area contributed by atoms with Crippen LogP contribution in [0.4, 0.5) is 13.2 Å². The van der Waals surface area contributed by atoms with E-state index in [1.165, 1.54) is 32.1 Å². The maximum absolute atomic E-state index is 12.5. The molecule has 2 rings (SSSR count). The first-order chi connectivity index (χ1) is 9.42. The van der Waals surface area contributed by atoms with Gasteiger partial charge in [0.25, 0.3) is 0 Å². The molecule has 1 saturated heterocycles. The van der Waals surface area contributed by atoms with Crippen molar-refractivity contribution in [3.63, 3.8) is 0 Å². The van der Waals surface area contributed by atoms with Crippen LogP contribution in [0.3, 0.4) is 0 Å². The van der Waals surface area contributed by atoms with Crippen LogP contribution in [0.25, 0.3) is 0 Å². The van der Waals surface area contributed by atoms with Crippen molar-refractivity contribution in [1.29, 1.82) is 0 Å². The molecule has 1 saturated carbocycles. The molecule has 0 aromatic rings. The van der Waals surface area contributed by atoms with Crippen molar-refractivity contribution < 1.29 is 13.2 Å². The van der Waals surface area contributed by atoms with Gasteiger partial charge >= 0.3 is 6.18 Å². The van der Waals surface area contributed by atoms with Crippen molar-refractivity contribution in [2.24, 2.45) is 11.8 Å². The van der Waals surface area contributed by atoms with E-state index in [0.717, 1.165) is 19.0 Å². The molecule has 2 atom stereocenters. The normalized spacial score (nSPS) is 30.6. The van der Waals surface area contributed by atoms with E-state index in [2.05, 4.69) is 5.32 Å². The maximum atomic E-state index is 12.5. The lowest BCUT2D eigenvalue weighted by molar-refractivity contribution is -0.148. The summed E-state index contributed by atoms with van der Waals surface area (Å²) in [5, 5.41) is 3.53. The number of halogens is 3. The summed E-state index contributed by atoms with van der Waals surface area (Å²) in [4.78, 5) is 2.04. The highest BCUT2D eigenvalue weighted by atomic mass is 19.4. The first-order valence-electron chi connectivity index (χ1n) is 7.91. The second-order valence-corrected chi connectivity index (χ2v) is 6.75. The third kappa shape index (κ3) is 5.60. The van der Waals surface area contributed by atoms with E-state index in [-0.39, 0.29) is 12.0 Å². The van der Waals surface area contributed by atoms with Crippen LogP contribution in [0.1, 0.15) is 44.9 Å². The molecule has 0 amide bonds. The summed E-state index contributed by atoms with van der Waals surface area (Å²) in [6.07, 6.45) is 2.52. The summed E-state index contributed by atoms with van der Waals surface area (Å²) in [5.41, 5.74) is 0. The van der Waals surface area contributed by atoms with E-state index in [9.17, 15) is 13.2 Å². The summed E-state index contributed by atoms with van der Waals surface area (Å²) in [7, 11) is 1.93. The smallest absolute Gasteiger partial charge is 0.312 e. The second kappa shape index (κ2) is 7.12. The molecule has 118 valence electrons. The number of piperidine rings is 1. The highest BCUT2D eigenvalue weighted by molar-refractivity contribution is 4.84. The first kappa shape index (κ1) is 16.1. The molecular weight excluding hydrogens is 265 g/mol. The van der Waals surface area contributed by atoms with Gasteiger partial charge in [-0.15, -0.1) is 0 Å². The molecule has 2 unspecified atom stereocenters. The molecule has 2 fully saturated rings. The lowest BCUT2D eigenvalue weighted by Gasteiger charge is -2.37. The number of rotatable bonds is 4. The number of nitrogens with zero attached hydrogens (tertiary/aromatic N) is 1. The minimum absolute atomic E-state index is 0.225. The zero-order valence-corrected chi connectivity index (χ0v) is 12.4. The molecule has 0 aromatic carbocycles. The van der Waals surface area contributed by atoms with E-state index in [1.54, 1.807) is 0 Å². The molecule has 2 aliphatic rings. The van der Waals surface area contributed by atoms with Gasteiger partial charge in [-0.05, 0) is 44.7 Å². The van der Waals surface area contributed by atoms with Crippen LogP contribution in [-0.4, -0.2) is 43.8 Å². The Morgan fingerprint density at radius 2 is 1.75 bits per heavy atom. The Balaban J connectivity index is 1.75. The van der Waals surface area contributed by atoms with E-state index in [1.807, 2.05) is 11.9 Å². The Morgan fingerprint density at radius 3 is 2.40 bits per heavy atom. The summed E-state index contributed by atoms with van der Waals surface area (Å²) >= 11 is 0. The molecule has 0 spiro atoms. The number of nitrogens with one attached hydrogen (secondary N) is 1. The lowest BCUT2D eigenvalue weighted by Crippen LogP contribution is -2.49. The number of alkyl halides is 3. The maximum Gasteiger partial charge on any atom is 0.389 e. The third-order valence-corrected chi connectivity index (χ3v) is 4.66. The monoisotopic (exact) mass is 292 g/mol. The van der Waals surface area contributed by atoms with Gasteiger partial charge in [0.1, 0.15) is 0 Å². The summed E-state index contributed by atoms with van der Waals surface area (Å²) in [6.45, 7) is 2.43. The van der Waals surface area contributed by atoms with Crippen LogP contribution >= 0.6 is 0 Å². The van der Waals surface area contributed by atoms with Crippen molar-refractivity contribution in [3.05, 3.63) is 0 Å². The van der Waals surface area contributed by atoms with E-state index in [4.69, 9.17) is 0 Å². The van der Waals surface area contributed by atoms with Gasteiger partial charge in [-0.1, -0.05) is 19.3 Å². The van der Waals surface area contributed by atoms with Gasteiger partial charge in [0, 0.05) is 25.6 Å². The fourth-order valence-corrected chi connectivity index (χ4v) is 3.79. The molecule has 0 bridgehead atoms. The first-order valence-corrected chi connectivity index (χ1v) is 7.91. The molecule has 1 N–H and O–H groups in total. The molecule has 2 nitrogen and oxygen atoms in total. The van der Waals surface area contributed by atoms with Crippen molar-refractivity contribution in [3.8, 4) is 0 Å². The quantitative estimate of drug-likeness (QED) is 0.854. The van der Waals surface area contributed by atoms with Gasteiger partial charge in [-0.25, -0.2) is 0 Å². The fraction of sp³-hybridized carbons (Fsp3) is 1.00. The van der Waals surface area contributed by atoms with Crippen molar-refractivity contribution >= 4 is 0 Å². The highest BCUT2D eigenvalue weighted by Gasteiger charge is 2.35. The van der Waals surface area contributed by atoms with Crippen LogP contribution in [0, 0.1) is 11.8 Å². The second-order valence-electron chi connectivity index (χ2n) is 6.75. The molecule has 1 aliphatic carbocycles. The van der Waals surface area contributed by atoms with Crippen LogP contribution in [-0.2, 0) is 0 Å². The number of likely N-dealkylation sites (N-methyl/N-ethyl adjacent to an activating group) is 1. The standard InChI is InChI=1S/C15H27F3N2/c1-20-10-13(8-15(16,17)18)7-14(11-20)19-9-12-5-3-2-4-6-12/h12-14,19H,2-11H2,1H3. The zero-order chi connectivity index (χ0) is 14.6. The molecule has 5 heteroatoms. The molecule has 1 aliphatic heterocycles. The van der Waals surface area contributed by atoms with Crippen LogP contribution in [0.15, 0.2) is 0 Å². The molecule has 1 heterocycles.